The van der Waals surface area contributed by atoms with Gasteiger partial charge in [0.1, 0.15) is 0 Å². The van der Waals surface area contributed by atoms with Crippen molar-refractivity contribution < 1.29 is 19.1 Å². The molecule has 4 rings (SSSR count). The molecule has 30 heavy (non-hydrogen) atoms. The molecule has 1 saturated heterocycles. The van der Waals surface area contributed by atoms with Crippen LogP contribution in [0.3, 0.4) is 0 Å². The van der Waals surface area contributed by atoms with Crippen LogP contribution in [0.15, 0.2) is 48.7 Å². The number of aromatic nitrogens is 1. The second-order valence-electron chi connectivity index (χ2n) is 7.82. The van der Waals surface area contributed by atoms with E-state index in [1.807, 2.05) is 56.3 Å². The fraction of sp³-hybridized carbons (Fsp3) is 0.292. The number of anilines is 1. The van der Waals surface area contributed by atoms with Gasteiger partial charge in [-0.25, -0.2) is 0 Å². The molecule has 0 unspecified atom stereocenters. The van der Waals surface area contributed by atoms with Gasteiger partial charge in [0.2, 0.25) is 11.7 Å². The van der Waals surface area contributed by atoms with E-state index >= 15 is 0 Å². The summed E-state index contributed by atoms with van der Waals surface area (Å²) in [5.74, 6) is -1.48. The molecule has 154 valence electrons. The molecule has 0 saturated carbocycles. The summed E-state index contributed by atoms with van der Waals surface area (Å²) in [6, 6.07) is 13.3. The second kappa shape index (κ2) is 7.78. The average Bonchev–Trinajstić information content (AvgIpc) is 3.33. The maximum atomic E-state index is 12.8. The van der Waals surface area contributed by atoms with Crippen molar-refractivity contribution in [1.82, 2.24) is 4.98 Å². The monoisotopic (exact) mass is 404 g/mol. The molecule has 2 atom stereocenters. The molecule has 0 spiro atoms. The number of ketones is 1. The number of para-hydroxylation sites is 1. The first-order valence-electron chi connectivity index (χ1n) is 10.0. The Balaban J connectivity index is 1.45. The number of aryl methyl sites for hydroxylation is 1. The maximum absolute atomic E-state index is 12.8. The molecule has 1 aromatic heterocycles. The predicted octanol–water partition coefficient (Wildman–Crippen LogP) is 3.95. The number of carbonyl (C=O) groups excluding carboxylic acids is 3. The number of Topliss-reactive ketones (excluding diaryl/α,β-unsaturated/α-hetero) is 1. The van der Waals surface area contributed by atoms with E-state index in [0.717, 1.165) is 27.7 Å². The van der Waals surface area contributed by atoms with Gasteiger partial charge in [-0.3, -0.25) is 14.4 Å². The number of hydrogen-bond donors (Lipinski definition) is 1. The van der Waals surface area contributed by atoms with Crippen molar-refractivity contribution in [2.24, 2.45) is 5.92 Å². The number of benzene rings is 2. The van der Waals surface area contributed by atoms with Gasteiger partial charge in [0, 0.05) is 41.3 Å². The van der Waals surface area contributed by atoms with Crippen LogP contribution in [0.4, 0.5) is 5.69 Å². The summed E-state index contributed by atoms with van der Waals surface area (Å²) in [4.78, 5) is 42.8. The van der Waals surface area contributed by atoms with Crippen molar-refractivity contribution >= 4 is 34.3 Å². The molecule has 0 radical (unpaired) electrons. The number of rotatable bonds is 5. The lowest BCUT2D eigenvalue weighted by atomic mass is 10.1. The molecule has 0 bridgehead atoms. The van der Waals surface area contributed by atoms with Crippen LogP contribution in [0.5, 0.6) is 0 Å². The fourth-order valence-corrected chi connectivity index (χ4v) is 3.94. The third kappa shape index (κ3) is 3.49. The number of esters is 1. The summed E-state index contributed by atoms with van der Waals surface area (Å²) in [7, 11) is 0. The zero-order valence-electron chi connectivity index (χ0n) is 17.3. The van der Waals surface area contributed by atoms with Crippen LogP contribution in [-0.2, 0) is 14.3 Å². The van der Waals surface area contributed by atoms with E-state index in [4.69, 9.17) is 4.74 Å². The van der Waals surface area contributed by atoms with Gasteiger partial charge < -0.3 is 14.6 Å². The number of hydrogen-bond acceptors (Lipinski definition) is 4. The normalized spacial score (nSPS) is 17.4. The summed E-state index contributed by atoms with van der Waals surface area (Å²) in [6.07, 6.45) is 0.792. The quantitative estimate of drug-likeness (QED) is 0.516. The number of ether oxygens (including phenoxy) is 1. The standard InChI is InChI=1S/C24H24N2O4/c1-14-7-6-10-21(15(14)2)26-13-17(11-22(26)27)24(29)30-16(3)23(28)19-12-25-20-9-5-4-8-18(19)20/h4-10,12,16-17,25H,11,13H2,1-3H3/t16-,17+/m1/s1. The Bertz CT molecular complexity index is 1150. The Morgan fingerprint density at radius 2 is 1.90 bits per heavy atom. The predicted molar refractivity (Wildman–Crippen MR) is 115 cm³/mol. The first-order valence-corrected chi connectivity index (χ1v) is 10.0. The lowest BCUT2D eigenvalue weighted by molar-refractivity contribution is -0.151. The molecular formula is C24H24N2O4. The number of nitrogens with zero attached hydrogens (tertiary/aromatic N) is 1. The summed E-state index contributed by atoms with van der Waals surface area (Å²) in [6.45, 7) is 5.78. The number of aromatic amines is 1. The van der Waals surface area contributed by atoms with Crippen molar-refractivity contribution in [2.75, 3.05) is 11.4 Å². The maximum Gasteiger partial charge on any atom is 0.312 e. The Hall–Kier alpha value is -3.41. The third-order valence-electron chi connectivity index (χ3n) is 5.84. The van der Waals surface area contributed by atoms with Gasteiger partial charge in [0.15, 0.2) is 6.10 Å². The SMILES string of the molecule is Cc1cccc(N2C[C@@H](C(=O)O[C@H](C)C(=O)c3c[nH]c4ccccc34)CC2=O)c1C. The van der Waals surface area contributed by atoms with Crippen LogP contribution in [0.2, 0.25) is 0 Å². The Kier molecular flexibility index (Phi) is 5.16. The number of carbonyl (C=O) groups is 3. The van der Waals surface area contributed by atoms with Crippen LogP contribution in [0.25, 0.3) is 10.9 Å². The van der Waals surface area contributed by atoms with Crippen LogP contribution in [0.1, 0.15) is 34.8 Å². The number of fused-ring (bicyclic) bond motifs is 1. The van der Waals surface area contributed by atoms with E-state index in [2.05, 4.69) is 4.98 Å². The van der Waals surface area contributed by atoms with Crippen LogP contribution >= 0.6 is 0 Å². The molecule has 1 aliphatic heterocycles. The highest BCUT2D eigenvalue weighted by Gasteiger charge is 2.38. The molecule has 1 fully saturated rings. The summed E-state index contributed by atoms with van der Waals surface area (Å²) >= 11 is 0. The largest absolute Gasteiger partial charge is 0.454 e. The molecule has 1 aliphatic rings. The van der Waals surface area contributed by atoms with Gasteiger partial charge >= 0.3 is 5.97 Å². The Labute approximate surface area is 174 Å². The van der Waals surface area contributed by atoms with Gasteiger partial charge in [0.25, 0.3) is 0 Å². The number of H-pyrrole nitrogens is 1. The zero-order chi connectivity index (χ0) is 21.4. The molecule has 1 amide bonds. The Morgan fingerprint density at radius 1 is 1.13 bits per heavy atom. The van der Waals surface area contributed by atoms with E-state index in [0.29, 0.717) is 5.56 Å². The summed E-state index contributed by atoms with van der Waals surface area (Å²) < 4.78 is 5.47. The highest BCUT2D eigenvalue weighted by molar-refractivity contribution is 6.10. The van der Waals surface area contributed by atoms with E-state index in [1.54, 1.807) is 18.0 Å². The third-order valence-corrected chi connectivity index (χ3v) is 5.84. The molecule has 2 heterocycles. The van der Waals surface area contributed by atoms with Gasteiger partial charge in [0.05, 0.1) is 5.92 Å². The molecular weight excluding hydrogens is 380 g/mol. The minimum absolute atomic E-state index is 0.0835. The first-order chi connectivity index (χ1) is 14.4. The smallest absolute Gasteiger partial charge is 0.312 e. The minimum atomic E-state index is -0.929. The molecule has 2 aromatic carbocycles. The van der Waals surface area contributed by atoms with Crippen molar-refractivity contribution in [3.63, 3.8) is 0 Å². The molecule has 1 N–H and O–H groups in total. The lowest BCUT2D eigenvalue weighted by Crippen LogP contribution is -2.30. The Morgan fingerprint density at radius 3 is 2.70 bits per heavy atom. The van der Waals surface area contributed by atoms with Gasteiger partial charge in [-0.1, -0.05) is 30.3 Å². The van der Waals surface area contributed by atoms with Crippen LogP contribution in [0, 0.1) is 19.8 Å². The molecule has 6 nitrogen and oxygen atoms in total. The fourth-order valence-electron chi connectivity index (χ4n) is 3.94. The van der Waals surface area contributed by atoms with Crippen LogP contribution < -0.4 is 4.90 Å². The number of amides is 1. The molecule has 0 aliphatic carbocycles. The second-order valence-corrected chi connectivity index (χ2v) is 7.82. The van der Waals surface area contributed by atoms with Gasteiger partial charge in [-0.05, 0) is 44.0 Å². The average molecular weight is 404 g/mol. The zero-order valence-corrected chi connectivity index (χ0v) is 17.3. The van der Waals surface area contributed by atoms with Crippen molar-refractivity contribution in [3.8, 4) is 0 Å². The van der Waals surface area contributed by atoms with Crippen LogP contribution in [-0.4, -0.2) is 35.3 Å². The van der Waals surface area contributed by atoms with Crippen molar-refractivity contribution in [3.05, 3.63) is 65.4 Å². The topological polar surface area (TPSA) is 79.5 Å². The van der Waals surface area contributed by atoms with Crippen molar-refractivity contribution in [1.29, 1.82) is 0 Å². The highest BCUT2D eigenvalue weighted by atomic mass is 16.5. The van der Waals surface area contributed by atoms with Gasteiger partial charge in [-0.15, -0.1) is 0 Å². The molecule has 6 heteroatoms. The first kappa shape index (κ1) is 19.9. The van der Waals surface area contributed by atoms with E-state index in [1.165, 1.54) is 0 Å². The van der Waals surface area contributed by atoms with Gasteiger partial charge in [-0.2, -0.15) is 0 Å². The summed E-state index contributed by atoms with van der Waals surface area (Å²) in [5.41, 5.74) is 4.26. The van der Waals surface area contributed by atoms with E-state index in [-0.39, 0.29) is 24.7 Å². The molecule has 3 aromatic rings. The summed E-state index contributed by atoms with van der Waals surface area (Å²) in [5, 5.41) is 0.794. The highest BCUT2D eigenvalue weighted by Crippen LogP contribution is 2.30. The van der Waals surface area contributed by atoms with E-state index in [9.17, 15) is 14.4 Å². The minimum Gasteiger partial charge on any atom is -0.454 e. The van der Waals surface area contributed by atoms with Crippen molar-refractivity contribution in [2.45, 2.75) is 33.3 Å². The van der Waals surface area contributed by atoms with E-state index < -0.39 is 18.0 Å². The lowest BCUT2D eigenvalue weighted by Gasteiger charge is -2.20. The number of nitrogens with one attached hydrogen (secondary N) is 1.